The molecular weight excluding hydrogens is 206 g/mol. The summed E-state index contributed by atoms with van der Waals surface area (Å²) in [6, 6.07) is 0. The summed E-state index contributed by atoms with van der Waals surface area (Å²) in [4.78, 5) is 2.32. The van der Waals surface area contributed by atoms with Gasteiger partial charge < -0.3 is 15.7 Å². The zero-order valence-corrected chi connectivity index (χ0v) is 10.4. The average Bonchev–Trinajstić information content (AvgIpc) is 2.28. The summed E-state index contributed by atoms with van der Waals surface area (Å²) in [5.74, 6) is 0.369. The fourth-order valence-electron chi connectivity index (χ4n) is 2.21. The monoisotopic (exact) mass is 229 g/mol. The summed E-state index contributed by atoms with van der Waals surface area (Å²) in [5, 5.41) is 11.7. The molecule has 1 saturated heterocycles. The van der Waals surface area contributed by atoms with Gasteiger partial charge in [-0.15, -0.1) is 0 Å². The van der Waals surface area contributed by atoms with Gasteiger partial charge in [-0.2, -0.15) is 0 Å². The van der Waals surface area contributed by atoms with Crippen LogP contribution in [0.3, 0.4) is 0 Å². The molecule has 16 heavy (non-hydrogen) atoms. The van der Waals surface area contributed by atoms with Gasteiger partial charge in [0.1, 0.15) is 5.84 Å². The second-order valence-corrected chi connectivity index (χ2v) is 4.92. The van der Waals surface area contributed by atoms with Crippen molar-refractivity contribution in [3.05, 3.63) is 0 Å². The van der Waals surface area contributed by atoms with Crippen LogP contribution < -0.4 is 5.73 Å². The highest BCUT2D eigenvalue weighted by atomic mass is 16.5. The zero-order chi connectivity index (χ0) is 12.2. The normalized spacial score (nSPS) is 30.3. The van der Waals surface area contributed by atoms with Gasteiger partial charge in [-0.25, -0.2) is 0 Å². The number of ether oxygens (including phenoxy) is 1. The van der Waals surface area contributed by atoms with Crippen molar-refractivity contribution >= 4 is 5.84 Å². The minimum Gasteiger partial charge on any atom is -0.409 e. The number of piperidine rings is 1. The van der Waals surface area contributed by atoms with E-state index in [0.717, 1.165) is 32.5 Å². The van der Waals surface area contributed by atoms with Crippen molar-refractivity contribution in [3.8, 4) is 0 Å². The first-order chi connectivity index (χ1) is 7.50. The van der Waals surface area contributed by atoms with Gasteiger partial charge in [-0.05, 0) is 26.3 Å². The van der Waals surface area contributed by atoms with E-state index in [1.807, 2.05) is 6.92 Å². The van der Waals surface area contributed by atoms with Gasteiger partial charge in [0.2, 0.25) is 0 Å². The van der Waals surface area contributed by atoms with E-state index in [0.29, 0.717) is 5.84 Å². The number of amidine groups is 1. The van der Waals surface area contributed by atoms with E-state index in [9.17, 15) is 0 Å². The highest BCUT2D eigenvalue weighted by Gasteiger charge is 2.31. The van der Waals surface area contributed by atoms with Gasteiger partial charge in [0.15, 0.2) is 0 Å². The number of likely N-dealkylation sites (tertiary alicyclic amines) is 1. The first-order valence-corrected chi connectivity index (χ1v) is 5.75. The zero-order valence-electron chi connectivity index (χ0n) is 10.4. The molecular formula is C11H23N3O2. The molecule has 0 aliphatic carbocycles. The average molecular weight is 229 g/mol. The Morgan fingerprint density at radius 2 is 2.38 bits per heavy atom. The van der Waals surface area contributed by atoms with Gasteiger partial charge in [-0.3, -0.25) is 4.90 Å². The lowest BCUT2D eigenvalue weighted by Crippen LogP contribution is -2.49. The van der Waals surface area contributed by atoms with Crippen LogP contribution in [0.5, 0.6) is 0 Å². The van der Waals surface area contributed by atoms with E-state index in [2.05, 4.69) is 17.0 Å². The lowest BCUT2D eigenvalue weighted by atomic mass is 9.94. The fourth-order valence-corrected chi connectivity index (χ4v) is 2.21. The van der Waals surface area contributed by atoms with Crippen molar-refractivity contribution in [2.24, 2.45) is 16.8 Å². The van der Waals surface area contributed by atoms with E-state index in [1.165, 1.54) is 0 Å². The number of rotatable bonds is 4. The van der Waals surface area contributed by atoms with Gasteiger partial charge in [0.25, 0.3) is 0 Å². The maximum atomic E-state index is 8.60. The molecule has 1 aliphatic rings. The smallest absolute Gasteiger partial charge is 0.143 e. The van der Waals surface area contributed by atoms with Crippen LogP contribution in [0.25, 0.3) is 0 Å². The molecule has 0 bridgehead atoms. The van der Waals surface area contributed by atoms with Crippen LogP contribution in [0, 0.1) is 5.92 Å². The lowest BCUT2D eigenvalue weighted by Gasteiger charge is -2.40. The molecule has 0 spiro atoms. The fraction of sp³-hybridized carbons (Fsp3) is 0.909. The molecule has 2 unspecified atom stereocenters. The highest BCUT2D eigenvalue weighted by Crippen LogP contribution is 2.24. The van der Waals surface area contributed by atoms with E-state index in [1.54, 1.807) is 7.11 Å². The van der Waals surface area contributed by atoms with E-state index in [-0.39, 0.29) is 11.5 Å². The Bertz CT molecular complexity index is 258. The molecule has 1 heterocycles. The van der Waals surface area contributed by atoms with Crippen LogP contribution in [0.4, 0.5) is 0 Å². The molecule has 0 saturated carbocycles. The standard InChI is InChI=1S/C11H23N3O2/c1-9(10(12)13-15)7-14-6-4-5-11(2,8-14)16-3/h9,15H,4-8H2,1-3H3,(H2,12,13). The highest BCUT2D eigenvalue weighted by molar-refractivity contribution is 5.82. The summed E-state index contributed by atoms with van der Waals surface area (Å²) in [6.45, 7) is 6.88. The number of nitrogens with zero attached hydrogens (tertiary/aromatic N) is 2. The molecule has 0 aromatic rings. The third-order valence-corrected chi connectivity index (χ3v) is 3.38. The van der Waals surface area contributed by atoms with Crippen molar-refractivity contribution < 1.29 is 9.94 Å². The molecule has 1 rings (SSSR count). The van der Waals surface area contributed by atoms with E-state index < -0.39 is 0 Å². The van der Waals surface area contributed by atoms with Crippen molar-refractivity contribution in [1.29, 1.82) is 0 Å². The van der Waals surface area contributed by atoms with Gasteiger partial charge in [0.05, 0.1) is 5.60 Å². The molecule has 2 atom stereocenters. The molecule has 94 valence electrons. The summed E-state index contributed by atoms with van der Waals surface area (Å²) < 4.78 is 5.52. The van der Waals surface area contributed by atoms with Crippen molar-refractivity contribution in [2.75, 3.05) is 26.7 Å². The van der Waals surface area contributed by atoms with Crippen LogP contribution in [-0.2, 0) is 4.74 Å². The van der Waals surface area contributed by atoms with Crippen LogP contribution in [-0.4, -0.2) is 48.3 Å². The number of methoxy groups -OCH3 is 1. The number of oxime groups is 1. The molecule has 5 heteroatoms. The second kappa shape index (κ2) is 5.50. The maximum absolute atomic E-state index is 8.60. The van der Waals surface area contributed by atoms with Crippen LogP contribution in [0.15, 0.2) is 5.16 Å². The van der Waals surface area contributed by atoms with Gasteiger partial charge in [-0.1, -0.05) is 12.1 Å². The van der Waals surface area contributed by atoms with Gasteiger partial charge >= 0.3 is 0 Å². The molecule has 3 N–H and O–H groups in total. The van der Waals surface area contributed by atoms with Crippen LogP contribution >= 0.6 is 0 Å². The van der Waals surface area contributed by atoms with Crippen LogP contribution in [0.1, 0.15) is 26.7 Å². The second-order valence-electron chi connectivity index (χ2n) is 4.92. The van der Waals surface area contributed by atoms with E-state index >= 15 is 0 Å². The Balaban J connectivity index is 2.49. The Hall–Kier alpha value is -0.810. The Morgan fingerprint density at radius 3 is 2.94 bits per heavy atom. The van der Waals surface area contributed by atoms with Gasteiger partial charge in [0, 0.05) is 26.1 Å². The molecule has 0 aromatic heterocycles. The summed E-state index contributed by atoms with van der Waals surface area (Å²) in [6.07, 6.45) is 2.23. The molecule has 0 aromatic carbocycles. The van der Waals surface area contributed by atoms with Crippen LogP contribution in [0.2, 0.25) is 0 Å². The summed E-state index contributed by atoms with van der Waals surface area (Å²) in [7, 11) is 1.76. The predicted octanol–water partition coefficient (Wildman–Crippen LogP) is 0.870. The topological polar surface area (TPSA) is 71.1 Å². The quantitative estimate of drug-likeness (QED) is 0.325. The first kappa shape index (κ1) is 13.3. The van der Waals surface area contributed by atoms with Crippen molar-refractivity contribution in [1.82, 2.24) is 4.90 Å². The molecule has 0 radical (unpaired) electrons. The lowest BCUT2D eigenvalue weighted by molar-refractivity contribution is -0.0518. The molecule has 1 fully saturated rings. The summed E-state index contributed by atoms with van der Waals surface area (Å²) >= 11 is 0. The van der Waals surface area contributed by atoms with Crippen molar-refractivity contribution in [2.45, 2.75) is 32.3 Å². The number of hydrogen-bond donors (Lipinski definition) is 2. The largest absolute Gasteiger partial charge is 0.409 e. The predicted molar refractivity (Wildman–Crippen MR) is 63.7 cm³/mol. The summed E-state index contributed by atoms with van der Waals surface area (Å²) in [5.41, 5.74) is 5.52. The minimum atomic E-state index is -0.0525. The maximum Gasteiger partial charge on any atom is 0.143 e. The Kier molecular flexibility index (Phi) is 4.56. The first-order valence-electron chi connectivity index (χ1n) is 5.75. The number of nitrogens with two attached hydrogens (primary N) is 1. The van der Waals surface area contributed by atoms with Crippen molar-refractivity contribution in [3.63, 3.8) is 0 Å². The minimum absolute atomic E-state index is 0.0525. The Labute approximate surface area is 97.2 Å². The SMILES string of the molecule is COC1(C)CCCN(CC(C)C(N)=NO)C1. The number of hydrogen-bond acceptors (Lipinski definition) is 4. The molecule has 1 aliphatic heterocycles. The molecule has 0 amide bonds. The van der Waals surface area contributed by atoms with E-state index in [4.69, 9.17) is 15.7 Å². The molecule has 5 nitrogen and oxygen atoms in total. The Morgan fingerprint density at radius 1 is 1.69 bits per heavy atom. The third kappa shape index (κ3) is 3.35. The third-order valence-electron chi connectivity index (χ3n) is 3.38.